The Balaban J connectivity index is 2.35. The second kappa shape index (κ2) is 8.59. The Kier molecular flexibility index (Phi) is 7.11. The summed E-state index contributed by atoms with van der Waals surface area (Å²) >= 11 is 5.76. The van der Waals surface area contributed by atoms with E-state index in [1.54, 1.807) is 6.92 Å². The summed E-state index contributed by atoms with van der Waals surface area (Å²) in [6, 6.07) is 3.49. The lowest BCUT2D eigenvalue weighted by molar-refractivity contribution is -0.121. The third kappa shape index (κ3) is 6.10. The fourth-order valence-electron chi connectivity index (χ4n) is 1.50. The average Bonchev–Trinajstić information content (AvgIpc) is 2.44. The van der Waals surface area contributed by atoms with Crippen molar-refractivity contribution in [3.63, 3.8) is 0 Å². The number of aliphatic hydroxyl groups excluding tert-OH is 1. The van der Waals surface area contributed by atoms with Crippen LogP contribution in [0.2, 0.25) is 5.02 Å². The van der Waals surface area contributed by atoms with E-state index < -0.39 is 11.7 Å². The average molecular weight is 317 g/mol. The summed E-state index contributed by atoms with van der Waals surface area (Å²) < 4.78 is 12.9. The van der Waals surface area contributed by atoms with Crippen molar-refractivity contribution in [2.75, 3.05) is 19.7 Å². The SMILES string of the molecule is CC(CO)CNC(=O)CCNC(=O)c1ccc(F)cc1Cl. The summed E-state index contributed by atoms with van der Waals surface area (Å²) in [5.74, 6) is -1.21. The molecular formula is C14H18ClFN2O3. The van der Waals surface area contributed by atoms with E-state index in [0.29, 0.717) is 6.54 Å². The number of nitrogens with one attached hydrogen (secondary N) is 2. The molecule has 0 aliphatic rings. The van der Waals surface area contributed by atoms with Crippen LogP contribution in [0.1, 0.15) is 23.7 Å². The molecule has 0 saturated heterocycles. The van der Waals surface area contributed by atoms with Crippen molar-refractivity contribution in [1.29, 1.82) is 0 Å². The molecule has 1 aromatic rings. The van der Waals surface area contributed by atoms with Crippen LogP contribution in [0, 0.1) is 11.7 Å². The van der Waals surface area contributed by atoms with Gasteiger partial charge in [-0.25, -0.2) is 4.39 Å². The van der Waals surface area contributed by atoms with Gasteiger partial charge in [-0.05, 0) is 24.1 Å². The van der Waals surface area contributed by atoms with E-state index >= 15 is 0 Å². The van der Waals surface area contributed by atoms with Gasteiger partial charge < -0.3 is 15.7 Å². The molecule has 0 saturated carbocycles. The number of halogens is 2. The van der Waals surface area contributed by atoms with E-state index in [2.05, 4.69) is 10.6 Å². The van der Waals surface area contributed by atoms with E-state index in [1.165, 1.54) is 6.07 Å². The van der Waals surface area contributed by atoms with Gasteiger partial charge in [-0.15, -0.1) is 0 Å². The van der Waals surface area contributed by atoms with Crippen LogP contribution in [0.15, 0.2) is 18.2 Å². The number of hydrogen-bond donors (Lipinski definition) is 3. The van der Waals surface area contributed by atoms with E-state index in [4.69, 9.17) is 16.7 Å². The van der Waals surface area contributed by atoms with E-state index in [1.807, 2.05) is 0 Å². The monoisotopic (exact) mass is 316 g/mol. The number of benzene rings is 1. The summed E-state index contributed by atoms with van der Waals surface area (Å²) in [4.78, 5) is 23.3. The van der Waals surface area contributed by atoms with Gasteiger partial charge in [0.2, 0.25) is 5.91 Å². The Hall–Kier alpha value is -1.66. The third-order valence-corrected chi connectivity index (χ3v) is 3.09. The zero-order valence-corrected chi connectivity index (χ0v) is 12.4. The van der Waals surface area contributed by atoms with Crippen LogP contribution in [-0.2, 0) is 4.79 Å². The number of rotatable bonds is 7. The quantitative estimate of drug-likeness (QED) is 0.710. The second-order valence-corrected chi connectivity index (χ2v) is 5.13. The van der Waals surface area contributed by atoms with Gasteiger partial charge in [0, 0.05) is 26.1 Å². The second-order valence-electron chi connectivity index (χ2n) is 4.72. The number of hydrogen-bond acceptors (Lipinski definition) is 3. The van der Waals surface area contributed by atoms with Crippen molar-refractivity contribution in [2.45, 2.75) is 13.3 Å². The molecule has 5 nitrogen and oxygen atoms in total. The van der Waals surface area contributed by atoms with Crippen LogP contribution in [0.3, 0.4) is 0 Å². The molecule has 0 heterocycles. The first kappa shape index (κ1) is 17.4. The van der Waals surface area contributed by atoms with Crippen LogP contribution in [-0.4, -0.2) is 36.6 Å². The number of carbonyl (C=O) groups excluding carboxylic acids is 2. The van der Waals surface area contributed by atoms with E-state index in [9.17, 15) is 14.0 Å². The first-order chi connectivity index (χ1) is 9.93. The van der Waals surface area contributed by atoms with Gasteiger partial charge in [0.15, 0.2) is 0 Å². The van der Waals surface area contributed by atoms with Crippen molar-refractivity contribution in [3.8, 4) is 0 Å². The maximum Gasteiger partial charge on any atom is 0.252 e. The summed E-state index contributed by atoms with van der Waals surface area (Å²) in [5.41, 5.74) is 0.160. The van der Waals surface area contributed by atoms with Gasteiger partial charge in [-0.1, -0.05) is 18.5 Å². The number of aliphatic hydroxyl groups is 1. The summed E-state index contributed by atoms with van der Waals surface area (Å²) in [6.45, 7) is 2.33. The minimum atomic E-state index is -0.520. The Labute approximate surface area is 127 Å². The first-order valence-electron chi connectivity index (χ1n) is 6.54. The topological polar surface area (TPSA) is 78.4 Å². The Bertz CT molecular complexity index is 511. The zero-order chi connectivity index (χ0) is 15.8. The van der Waals surface area contributed by atoms with Crippen LogP contribution >= 0.6 is 11.6 Å². The lowest BCUT2D eigenvalue weighted by atomic mass is 10.2. The molecule has 0 aliphatic carbocycles. The highest BCUT2D eigenvalue weighted by atomic mass is 35.5. The minimum Gasteiger partial charge on any atom is -0.396 e. The van der Waals surface area contributed by atoms with Crippen LogP contribution in [0.5, 0.6) is 0 Å². The number of amides is 2. The van der Waals surface area contributed by atoms with Gasteiger partial charge in [-0.3, -0.25) is 9.59 Å². The summed E-state index contributed by atoms with van der Waals surface area (Å²) in [5, 5.41) is 14.0. The van der Waals surface area contributed by atoms with Gasteiger partial charge in [0.1, 0.15) is 5.82 Å². The molecule has 7 heteroatoms. The first-order valence-corrected chi connectivity index (χ1v) is 6.92. The van der Waals surface area contributed by atoms with Crippen molar-refractivity contribution in [2.24, 2.45) is 5.92 Å². The van der Waals surface area contributed by atoms with Crippen molar-refractivity contribution in [1.82, 2.24) is 10.6 Å². The predicted molar refractivity (Wildman–Crippen MR) is 77.6 cm³/mol. The van der Waals surface area contributed by atoms with Gasteiger partial charge in [-0.2, -0.15) is 0 Å². The molecule has 1 unspecified atom stereocenters. The predicted octanol–water partition coefficient (Wildman–Crippen LogP) is 1.34. The highest BCUT2D eigenvalue weighted by Crippen LogP contribution is 2.16. The molecule has 1 atom stereocenters. The van der Waals surface area contributed by atoms with Crippen molar-refractivity contribution >= 4 is 23.4 Å². The molecule has 0 spiro atoms. The summed E-state index contributed by atoms with van der Waals surface area (Å²) in [6.07, 6.45) is 0.114. The van der Waals surface area contributed by atoms with Gasteiger partial charge in [0.25, 0.3) is 5.91 Å². The van der Waals surface area contributed by atoms with Crippen LogP contribution < -0.4 is 10.6 Å². The lowest BCUT2D eigenvalue weighted by Crippen LogP contribution is -2.33. The molecule has 0 aromatic heterocycles. The minimum absolute atomic E-state index is 0.0000811. The van der Waals surface area contributed by atoms with Gasteiger partial charge >= 0.3 is 0 Å². The summed E-state index contributed by atoms with van der Waals surface area (Å²) in [7, 11) is 0. The fourth-order valence-corrected chi connectivity index (χ4v) is 1.75. The fraction of sp³-hybridized carbons (Fsp3) is 0.429. The molecule has 116 valence electrons. The zero-order valence-electron chi connectivity index (χ0n) is 11.7. The maximum absolute atomic E-state index is 12.9. The molecule has 1 aromatic carbocycles. The Morgan fingerprint density at radius 2 is 2.10 bits per heavy atom. The lowest BCUT2D eigenvalue weighted by Gasteiger charge is -2.10. The number of carbonyl (C=O) groups is 2. The largest absolute Gasteiger partial charge is 0.396 e. The Morgan fingerprint density at radius 3 is 2.71 bits per heavy atom. The van der Waals surface area contributed by atoms with Crippen LogP contribution in [0.4, 0.5) is 4.39 Å². The Morgan fingerprint density at radius 1 is 1.38 bits per heavy atom. The molecule has 0 bridgehead atoms. The molecule has 1 rings (SSSR count). The molecule has 3 N–H and O–H groups in total. The molecular weight excluding hydrogens is 299 g/mol. The molecule has 0 aliphatic heterocycles. The van der Waals surface area contributed by atoms with Gasteiger partial charge in [0.05, 0.1) is 10.6 Å². The van der Waals surface area contributed by atoms with Crippen molar-refractivity contribution < 1.29 is 19.1 Å². The third-order valence-electron chi connectivity index (χ3n) is 2.77. The standard InChI is InChI=1S/C14H18ClFN2O3/c1-9(8-19)7-18-13(20)4-5-17-14(21)11-3-2-10(16)6-12(11)15/h2-3,6,9,19H,4-5,7-8H2,1H3,(H,17,21)(H,18,20). The van der Waals surface area contributed by atoms with E-state index in [0.717, 1.165) is 12.1 Å². The molecule has 21 heavy (non-hydrogen) atoms. The van der Waals surface area contributed by atoms with E-state index in [-0.39, 0.29) is 42.0 Å². The van der Waals surface area contributed by atoms with Crippen LogP contribution in [0.25, 0.3) is 0 Å². The molecule has 0 fully saturated rings. The maximum atomic E-state index is 12.9. The molecule has 2 amide bonds. The van der Waals surface area contributed by atoms with Crippen molar-refractivity contribution in [3.05, 3.63) is 34.6 Å². The normalized spacial score (nSPS) is 11.8. The smallest absolute Gasteiger partial charge is 0.252 e. The highest BCUT2D eigenvalue weighted by molar-refractivity contribution is 6.33. The highest BCUT2D eigenvalue weighted by Gasteiger charge is 2.11. The molecule has 0 radical (unpaired) electrons.